The van der Waals surface area contributed by atoms with Gasteiger partial charge in [-0.2, -0.15) is 4.72 Å². The molecule has 25 heavy (non-hydrogen) atoms. The molecule has 140 valence electrons. The molecule has 0 bridgehead atoms. The van der Waals surface area contributed by atoms with Gasteiger partial charge in [0.1, 0.15) is 0 Å². The molecule has 8 nitrogen and oxygen atoms in total. The molecule has 4 N–H and O–H groups in total. The zero-order chi connectivity index (χ0) is 18.3. The third-order valence-corrected chi connectivity index (χ3v) is 5.22. The van der Waals surface area contributed by atoms with Gasteiger partial charge in [0.25, 0.3) is 0 Å². The van der Waals surface area contributed by atoms with Gasteiger partial charge in [0.15, 0.2) is 11.5 Å². The number of ether oxygens (including phenoxy) is 2. The molecule has 1 unspecified atom stereocenters. The van der Waals surface area contributed by atoms with Crippen LogP contribution in [0.1, 0.15) is 26.2 Å². The van der Waals surface area contributed by atoms with Crippen molar-refractivity contribution in [3.63, 3.8) is 0 Å². The van der Waals surface area contributed by atoms with Crippen LogP contribution >= 0.6 is 0 Å². The average molecular weight is 371 g/mol. The number of unbranched alkanes of at least 4 members (excludes halogenated alkanes) is 1. The molecule has 0 radical (unpaired) electrons. The van der Waals surface area contributed by atoms with Crippen LogP contribution in [0.25, 0.3) is 0 Å². The number of benzene rings is 1. The molecule has 0 aliphatic carbocycles. The van der Waals surface area contributed by atoms with Crippen molar-refractivity contribution in [2.45, 2.75) is 37.1 Å². The maximum atomic E-state index is 12.5. The number of carbonyl (C=O) groups excluding carboxylic acids is 1. The molecule has 0 saturated heterocycles. The van der Waals surface area contributed by atoms with Gasteiger partial charge in [-0.25, -0.2) is 8.42 Å². The molecular formula is C16H25N3O5S. The molecule has 1 atom stereocenters. The average Bonchev–Trinajstić information content (AvgIpc) is 2.82. The molecule has 1 aliphatic rings. The van der Waals surface area contributed by atoms with Crippen LogP contribution in [0, 0.1) is 0 Å². The third-order valence-electron chi connectivity index (χ3n) is 3.68. The molecule has 1 aromatic rings. The molecule has 1 aromatic carbocycles. The highest BCUT2D eigenvalue weighted by atomic mass is 32.2. The van der Waals surface area contributed by atoms with Gasteiger partial charge >= 0.3 is 0 Å². The van der Waals surface area contributed by atoms with E-state index in [2.05, 4.69) is 10.0 Å². The van der Waals surface area contributed by atoms with Crippen molar-refractivity contribution in [2.24, 2.45) is 5.73 Å². The summed E-state index contributed by atoms with van der Waals surface area (Å²) in [7, 11) is -3.85. The van der Waals surface area contributed by atoms with Crippen molar-refractivity contribution in [2.75, 3.05) is 26.3 Å². The highest BCUT2D eigenvalue weighted by Gasteiger charge is 2.23. The number of carbonyl (C=O) groups is 1. The Labute approximate surface area is 148 Å². The van der Waals surface area contributed by atoms with Gasteiger partial charge < -0.3 is 20.5 Å². The number of rotatable bonds is 8. The van der Waals surface area contributed by atoms with Gasteiger partial charge in [-0.1, -0.05) is 0 Å². The van der Waals surface area contributed by atoms with Gasteiger partial charge in [-0.3, -0.25) is 4.79 Å². The monoisotopic (exact) mass is 371 g/mol. The molecule has 0 spiro atoms. The van der Waals surface area contributed by atoms with E-state index in [0.717, 1.165) is 19.3 Å². The first kappa shape index (κ1) is 19.5. The van der Waals surface area contributed by atoms with Crippen molar-refractivity contribution in [3.05, 3.63) is 18.2 Å². The lowest BCUT2D eigenvalue weighted by molar-refractivity contribution is -0.122. The largest absolute Gasteiger partial charge is 0.490 e. The highest BCUT2D eigenvalue weighted by Crippen LogP contribution is 2.31. The molecule has 1 aliphatic heterocycles. The van der Waals surface area contributed by atoms with Crippen LogP contribution in [0.4, 0.5) is 0 Å². The molecule has 2 rings (SSSR count). The van der Waals surface area contributed by atoms with E-state index in [1.807, 2.05) is 0 Å². The second-order valence-corrected chi connectivity index (χ2v) is 7.50. The van der Waals surface area contributed by atoms with E-state index in [-0.39, 0.29) is 10.8 Å². The van der Waals surface area contributed by atoms with Gasteiger partial charge in [-0.15, -0.1) is 0 Å². The van der Waals surface area contributed by atoms with Crippen LogP contribution in [-0.4, -0.2) is 46.7 Å². The van der Waals surface area contributed by atoms with Crippen molar-refractivity contribution in [1.82, 2.24) is 10.0 Å². The van der Waals surface area contributed by atoms with Crippen LogP contribution in [0.5, 0.6) is 11.5 Å². The maximum absolute atomic E-state index is 12.5. The predicted octanol–water partition coefficient (Wildman–Crippen LogP) is 0.370. The van der Waals surface area contributed by atoms with E-state index in [1.165, 1.54) is 19.1 Å². The first-order valence-corrected chi connectivity index (χ1v) is 9.82. The lowest BCUT2D eigenvalue weighted by Gasteiger charge is -2.15. The standard InChI is InChI=1S/C16H25N3O5S/c1-12(16(20)18-8-3-2-7-17)19-25(21,22)13-5-6-14-15(11-13)24-10-4-9-23-14/h5-6,11-12,19H,2-4,7-10,17H2,1H3,(H,18,20). The summed E-state index contributed by atoms with van der Waals surface area (Å²) in [6.07, 6.45) is 2.29. The van der Waals surface area contributed by atoms with Gasteiger partial charge in [0, 0.05) is 19.0 Å². The highest BCUT2D eigenvalue weighted by molar-refractivity contribution is 7.89. The van der Waals surface area contributed by atoms with E-state index in [0.29, 0.717) is 37.8 Å². The normalized spacial score (nSPS) is 15.3. The van der Waals surface area contributed by atoms with Crippen molar-refractivity contribution in [1.29, 1.82) is 0 Å². The topological polar surface area (TPSA) is 120 Å². The predicted molar refractivity (Wildman–Crippen MR) is 93.1 cm³/mol. The van der Waals surface area contributed by atoms with Gasteiger partial charge in [-0.05, 0) is 38.4 Å². The second kappa shape index (κ2) is 9.02. The zero-order valence-electron chi connectivity index (χ0n) is 14.3. The number of hydrogen-bond acceptors (Lipinski definition) is 6. The van der Waals surface area contributed by atoms with E-state index in [1.54, 1.807) is 6.07 Å². The fourth-order valence-electron chi connectivity index (χ4n) is 2.30. The summed E-state index contributed by atoms with van der Waals surface area (Å²) in [5, 5.41) is 2.68. The molecule has 0 saturated carbocycles. The zero-order valence-corrected chi connectivity index (χ0v) is 15.1. The fourth-order valence-corrected chi connectivity index (χ4v) is 3.52. The Bertz CT molecular complexity index is 693. The number of sulfonamides is 1. The first-order chi connectivity index (χ1) is 11.9. The SMILES string of the molecule is CC(NS(=O)(=O)c1ccc2c(c1)OCCCO2)C(=O)NCCCCN. The lowest BCUT2D eigenvalue weighted by Crippen LogP contribution is -2.45. The van der Waals surface area contributed by atoms with Gasteiger partial charge in [0.2, 0.25) is 15.9 Å². The Morgan fingerprint density at radius 2 is 1.96 bits per heavy atom. The first-order valence-electron chi connectivity index (χ1n) is 8.34. The lowest BCUT2D eigenvalue weighted by atomic mass is 10.3. The van der Waals surface area contributed by atoms with Crippen molar-refractivity contribution < 1.29 is 22.7 Å². The Balaban J connectivity index is 2.01. The minimum Gasteiger partial charge on any atom is -0.490 e. The van der Waals surface area contributed by atoms with Gasteiger partial charge in [0.05, 0.1) is 24.2 Å². The fraction of sp³-hybridized carbons (Fsp3) is 0.562. The Morgan fingerprint density at radius 3 is 2.68 bits per heavy atom. The number of fused-ring (bicyclic) bond motifs is 1. The number of nitrogens with one attached hydrogen (secondary N) is 2. The quantitative estimate of drug-likeness (QED) is 0.568. The molecular weight excluding hydrogens is 346 g/mol. The van der Waals surface area contributed by atoms with Crippen molar-refractivity contribution >= 4 is 15.9 Å². The molecule has 0 aromatic heterocycles. The molecule has 0 fully saturated rings. The van der Waals surface area contributed by atoms with Crippen LogP contribution < -0.4 is 25.2 Å². The second-order valence-electron chi connectivity index (χ2n) is 5.79. The minimum absolute atomic E-state index is 0.0273. The number of amides is 1. The molecule has 9 heteroatoms. The summed E-state index contributed by atoms with van der Waals surface area (Å²) < 4.78 is 38.3. The van der Waals surface area contributed by atoms with Crippen LogP contribution in [0.3, 0.4) is 0 Å². The third kappa shape index (κ3) is 5.58. The van der Waals surface area contributed by atoms with Crippen molar-refractivity contribution in [3.8, 4) is 11.5 Å². The summed E-state index contributed by atoms with van der Waals surface area (Å²) >= 11 is 0. The molecule has 1 heterocycles. The van der Waals surface area contributed by atoms with Crippen LogP contribution in [0.2, 0.25) is 0 Å². The summed E-state index contributed by atoms with van der Waals surface area (Å²) in [6, 6.07) is 3.52. The summed E-state index contributed by atoms with van der Waals surface area (Å²) in [5.74, 6) is 0.524. The van der Waals surface area contributed by atoms with Crippen LogP contribution in [-0.2, 0) is 14.8 Å². The van der Waals surface area contributed by atoms with Crippen LogP contribution in [0.15, 0.2) is 23.1 Å². The summed E-state index contributed by atoms with van der Waals surface area (Å²) in [6.45, 7) is 3.51. The number of hydrogen-bond donors (Lipinski definition) is 3. The van der Waals surface area contributed by atoms with E-state index in [9.17, 15) is 13.2 Å². The van der Waals surface area contributed by atoms with E-state index in [4.69, 9.17) is 15.2 Å². The van der Waals surface area contributed by atoms with E-state index < -0.39 is 16.1 Å². The Hall–Kier alpha value is -1.84. The Morgan fingerprint density at radius 1 is 1.24 bits per heavy atom. The summed E-state index contributed by atoms with van der Waals surface area (Å²) in [5.41, 5.74) is 5.39. The maximum Gasteiger partial charge on any atom is 0.241 e. The smallest absolute Gasteiger partial charge is 0.241 e. The summed E-state index contributed by atoms with van der Waals surface area (Å²) in [4.78, 5) is 12.0. The Kier molecular flexibility index (Phi) is 7.03. The number of nitrogens with two attached hydrogens (primary N) is 1. The molecule has 1 amide bonds. The van der Waals surface area contributed by atoms with E-state index >= 15 is 0 Å². The minimum atomic E-state index is -3.85.